The first-order valence-corrected chi connectivity index (χ1v) is 6.17. The number of aromatic nitrogens is 1. The summed E-state index contributed by atoms with van der Waals surface area (Å²) >= 11 is 0. The highest BCUT2D eigenvalue weighted by molar-refractivity contribution is 5.88. The van der Waals surface area contributed by atoms with Crippen molar-refractivity contribution < 1.29 is 9.53 Å². The van der Waals surface area contributed by atoms with Gasteiger partial charge in [0.2, 0.25) is 0 Å². The number of nitriles is 1. The van der Waals surface area contributed by atoms with Gasteiger partial charge in [0.25, 0.3) is 0 Å². The molecule has 1 N–H and O–H groups in total. The molecule has 0 saturated heterocycles. The van der Waals surface area contributed by atoms with E-state index in [1.807, 2.05) is 13.0 Å². The maximum Gasteiger partial charge on any atom is 0.333 e. The fraction of sp³-hybridized carbons (Fsp3) is 0.357. The molecule has 0 fully saturated rings. The predicted octanol–water partition coefficient (Wildman–Crippen LogP) is 2.26. The highest BCUT2D eigenvalue weighted by atomic mass is 16.5. The summed E-state index contributed by atoms with van der Waals surface area (Å²) in [5, 5.41) is 11.8. The highest BCUT2D eigenvalue weighted by Gasteiger charge is 2.07. The lowest BCUT2D eigenvalue weighted by molar-refractivity contribution is -0.138. The van der Waals surface area contributed by atoms with Crippen LogP contribution in [0.5, 0.6) is 0 Å². The molecule has 0 saturated carbocycles. The summed E-state index contributed by atoms with van der Waals surface area (Å²) in [6, 6.07) is 5.34. The van der Waals surface area contributed by atoms with E-state index in [-0.39, 0.29) is 5.97 Å². The van der Waals surface area contributed by atoms with E-state index in [0.29, 0.717) is 36.5 Å². The molecule has 1 aromatic rings. The molecular formula is C14H17N3O2. The topological polar surface area (TPSA) is 75.0 Å². The average molecular weight is 259 g/mol. The molecule has 0 bridgehead atoms. The molecule has 0 aliphatic heterocycles. The first-order valence-electron chi connectivity index (χ1n) is 6.17. The van der Waals surface area contributed by atoms with Gasteiger partial charge in [0.1, 0.15) is 5.82 Å². The van der Waals surface area contributed by atoms with Crippen LogP contribution < -0.4 is 5.32 Å². The van der Waals surface area contributed by atoms with Gasteiger partial charge in [0.15, 0.2) is 0 Å². The fourth-order valence-electron chi connectivity index (χ4n) is 1.47. The zero-order valence-electron chi connectivity index (χ0n) is 11.1. The number of ether oxygens (including phenoxy) is 1. The zero-order chi connectivity index (χ0) is 14.1. The van der Waals surface area contributed by atoms with Gasteiger partial charge in [-0.2, -0.15) is 5.26 Å². The van der Waals surface area contributed by atoms with Crippen molar-refractivity contribution >= 4 is 11.8 Å². The van der Waals surface area contributed by atoms with Crippen molar-refractivity contribution in [3.05, 3.63) is 35.5 Å². The van der Waals surface area contributed by atoms with Crippen molar-refractivity contribution in [2.45, 2.75) is 20.3 Å². The number of hydrogen-bond acceptors (Lipinski definition) is 5. The molecule has 1 aromatic heterocycles. The summed E-state index contributed by atoms with van der Waals surface area (Å²) in [7, 11) is 0. The van der Waals surface area contributed by atoms with Crippen molar-refractivity contribution in [3.63, 3.8) is 0 Å². The maximum atomic E-state index is 11.5. The number of rotatable bonds is 6. The minimum atomic E-state index is -0.287. The molecule has 0 aliphatic carbocycles. The van der Waals surface area contributed by atoms with Gasteiger partial charge in [-0.1, -0.05) is 13.0 Å². The Morgan fingerprint density at radius 3 is 3.00 bits per heavy atom. The Hall–Kier alpha value is -2.35. The number of pyridine rings is 1. The third kappa shape index (κ3) is 4.80. The van der Waals surface area contributed by atoms with Crippen molar-refractivity contribution in [2.24, 2.45) is 0 Å². The molecule has 0 atom stereocenters. The normalized spacial score (nSPS) is 10.7. The lowest BCUT2D eigenvalue weighted by atomic mass is 10.2. The molecule has 5 heteroatoms. The first kappa shape index (κ1) is 14.7. The molecule has 1 rings (SSSR count). The number of hydrogen-bond donors (Lipinski definition) is 1. The van der Waals surface area contributed by atoms with Gasteiger partial charge < -0.3 is 10.1 Å². The van der Waals surface area contributed by atoms with E-state index in [0.717, 1.165) is 0 Å². The van der Waals surface area contributed by atoms with E-state index in [1.54, 1.807) is 31.3 Å². The number of nitrogens with zero attached hydrogens (tertiary/aromatic N) is 2. The Labute approximate surface area is 112 Å². The maximum absolute atomic E-state index is 11.5. The van der Waals surface area contributed by atoms with Gasteiger partial charge in [0.05, 0.1) is 18.2 Å². The number of nitrogens with one attached hydrogen (secondary N) is 1. The molecule has 100 valence electrons. The summed E-state index contributed by atoms with van der Waals surface area (Å²) < 4.78 is 4.94. The van der Waals surface area contributed by atoms with Crippen molar-refractivity contribution in [2.75, 3.05) is 18.5 Å². The standard InChI is InChI=1S/C14H17N3O2/c1-3-12(14(18)19-4-2)6-8-17-13-9-11(10-15)5-7-16-13/h5-7,9H,3-4,8H2,1-2H3,(H,16,17)/b12-6+. The van der Waals surface area contributed by atoms with Crippen LogP contribution in [-0.2, 0) is 9.53 Å². The zero-order valence-corrected chi connectivity index (χ0v) is 11.1. The Morgan fingerprint density at radius 1 is 1.58 bits per heavy atom. The smallest absolute Gasteiger partial charge is 0.333 e. The number of carbonyl (C=O) groups excluding carboxylic acids is 1. The van der Waals surface area contributed by atoms with Crippen LogP contribution in [0.3, 0.4) is 0 Å². The molecule has 0 unspecified atom stereocenters. The van der Waals surface area contributed by atoms with Crippen LogP contribution in [0.2, 0.25) is 0 Å². The number of anilines is 1. The Kier molecular flexibility index (Phi) is 6.10. The summed E-state index contributed by atoms with van der Waals surface area (Å²) in [5.74, 6) is 0.320. The van der Waals surface area contributed by atoms with E-state index in [4.69, 9.17) is 10.00 Å². The number of carbonyl (C=O) groups is 1. The van der Waals surface area contributed by atoms with Gasteiger partial charge in [-0.3, -0.25) is 0 Å². The van der Waals surface area contributed by atoms with Gasteiger partial charge in [0, 0.05) is 18.3 Å². The van der Waals surface area contributed by atoms with E-state index in [9.17, 15) is 4.79 Å². The van der Waals surface area contributed by atoms with Crippen LogP contribution in [0.4, 0.5) is 5.82 Å². The molecule has 0 aliphatic rings. The summed E-state index contributed by atoms with van der Waals surface area (Å²) in [5.41, 5.74) is 1.17. The summed E-state index contributed by atoms with van der Waals surface area (Å²) in [6.45, 7) is 4.51. The van der Waals surface area contributed by atoms with Crippen LogP contribution in [0, 0.1) is 11.3 Å². The van der Waals surface area contributed by atoms with Crippen molar-refractivity contribution in [1.29, 1.82) is 5.26 Å². The third-order valence-corrected chi connectivity index (χ3v) is 2.44. The molecule has 1 heterocycles. The van der Waals surface area contributed by atoms with Crippen molar-refractivity contribution in [3.8, 4) is 6.07 Å². The molecule has 19 heavy (non-hydrogen) atoms. The third-order valence-electron chi connectivity index (χ3n) is 2.44. The molecule has 0 amide bonds. The highest BCUT2D eigenvalue weighted by Crippen LogP contribution is 2.07. The second-order valence-electron chi connectivity index (χ2n) is 3.73. The SMILES string of the molecule is CCOC(=O)/C(=C/CNc1cc(C#N)ccn1)CC. The number of esters is 1. The Balaban J connectivity index is 2.60. The van der Waals surface area contributed by atoms with E-state index < -0.39 is 0 Å². The summed E-state index contributed by atoms with van der Waals surface area (Å²) in [6.07, 6.45) is 3.96. The monoisotopic (exact) mass is 259 g/mol. The minimum absolute atomic E-state index is 0.287. The van der Waals surface area contributed by atoms with Crippen LogP contribution in [-0.4, -0.2) is 24.1 Å². The Bertz CT molecular complexity index is 504. The lowest BCUT2D eigenvalue weighted by Gasteiger charge is -2.06. The lowest BCUT2D eigenvalue weighted by Crippen LogP contribution is -2.09. The van der Waals surface area contributed by atoms with Crippen LogP contribution >= 0.6 is 0 Å². The molecule has 5 nitrogen and oxygen atoms in total. The van der Waals surface area contributed by atoms with Crippen LogP contribution in [0.15, 0.2) is 30.0 Å². The Morgan fingerprint density at radius 2 is 2.37 bits per heavy atom. The van der Waals surface area contributed by atoms with E-state index in [1.165, 1.54) is 0 Å². The molecular weight excluding hydrogens is 242 g/mol. The van der Waals surface area contributed by atoms with Gasteiger partial charge in [-0.25, -0.2) is 9.78 Å². The van der Waals surface area contributed by atoms with Crippen molar-refractivity contribution in [1.82, 2.24) is 4.98 Å². The van der Waals surface area contributed by atoms with Gasteiger partial charge in [-0.05, 0) is 25.5 Å². The molecule has 0 spiro atoms. The summed E-state index contributed by atoms with van der Waals surface area (Å²) in [4.78, 5) is 15.6. The molecule has 0 aromatic carbocycles. The van der Waals surface area contributed by atoms with Crippen LogP contribution in [0.25, 0.3) is 0 Å². The van der Waals surface area contributed by atoms with E-state index >= 15 is 0 Å². The van der Waals surface area contributed by atoms with Gasteiger partial charge >= 0.3 is 5.97 Å². The average Bonchev–Trinajstić information content (AvgIpc) is 2.44. The fourth-order valence-corrected chi connectivity index (χ4v) is 1.47. The van der Waals surface area contributed by atoms with E-state index in [2.05, 4.69) is 10.3 Å². The minimum Gasteiger partial charge on any atom is -0.463 e. The first-order chi connectivity index (χ1) is 9.21. The second kappa shape index (κ2) is 7.88. The predicted molar refractivity (Wildman–Crippen MR) is 72.4 cm³/mol. The quantitative estimate of drug-likeness (QED) is 0.626. The van der Waals surface area contributed by atoms with Gasteiger partial charge in [-0.15, -0.1) is 0 Å². The second-order valence-corrected chi connectivity index (χ2v) is 3.73. The van der Waals surface area contributed by atoms with Crippen LogP contribution in [0.1, 0.15) is 25.8 Å². The largest absolute Gasteiger partial charge is 0.463 e. The molecule has 0 radical (unpaired) electrons.